The number of oxazole rings is 1. The summed E-state index contributed by atoms with van der Waals surface area (Å²) in [6, 6.07) is 4.51. The Kier molecular flexibility index (Phi) is 7.63. The lowest BCUT2D eigenvalue weighted by molar-refractivity contribution is -0.0515. The molecule has 1 aliphatic rings. The van der Waals surface area contributed by atoms with Crippen molar-refractivity contribution in [3.05, 3.63) is 29.7 Å². The van der Waals surface area contributed by atoms with E-state index in [1.807, 2.05) is 20.8 Å². The molecule has 1 aliphatic carbocycles. The number of nitrogens with zero attached hydrogens (tertiary/aromatic N) is 1. The van der Waals surface area contributed by atoms with Gasteiger partial charge in [0.2, 0.25) is 5.89 Å². The first-order valence-electron chi connectivity index (χ1n) is 10.3. The summed E-state index contributed by atoms with van der Waals surface area (Å²) in [4.78, 5) is 16.0. The van der Waals surface area contributed by atoms with Crippen LogP contribution in [0.4, 0.5) is 13.6 Å². The molecule has 1 fully saturated rings. The van der Waals surface area contributed by atoms with Crippen molar-refractivity contribution in [3.63, 3.8) is 0 Å². The highest BCUT2D eigenvalue weighted by Gasteiger charge is 2.30. The highest BCUT2D eigenvalue weighted by molar-refractivity contribution is 9.08. The Morgan fingerprint density at radius 3 is 2.59 bits per heavy atom. The fourth-order valence-electron chi connectivity index (χ4n) is 3.16. The summed E-state index contributed by atoms with van der Waals surface area (Å²) in [5, 5.41) is 0.353. The second-order valence-corrected chi connectivity index (χ2v) is 9.51. The summed E-state index contributed by atoms with van der Waals surface area (Å²) in [6.07, 6.45) is 0.923. The molecule has 10 heteroatoms. The number of carbonyl (C=O) groups is 1. The van der Waals surface area contributed by atoms with E-state index in [9.17, 15) is 13.6 Å². The predicted octanol–water partition coefficient (Wildman–Crippen LogP) is 6.20. The molecular formula is C22H27BrF2N2O5. The average molecular weight is 517 g/mol. The zero-order valence-corrected chi connectivity index (χ0v) is 19.8. The van der Waals surface area contributed by atoms with E-state index in [2.05, 4.69) is 25.7 Å². The molecule has 0 saturated heterocycles. The number of alkyl halides is 3. The van der Waals surface area contributed by atoms with Gasteiger partial charge in [0, 0.05) is 10.9 Å². The van der Waals surface area contributed by atoms with Crippen molar-refractivity contribution in [3.8, 4) is 23.0 Å². The molecule has 0 radical (unpaired) electrons. The summed E-state index contributed by atoms with van der Waals surface area (Å²) in [5.74, 6) is 1.17. The number of benzene rings is 1. The molecule has 32 heavy (non-hydrogen) atoms. The van der Waals surface area contributed by atoms with Gasteiger partial charge in [0.25, 0.3) is 0 Å². The van der Waals surface area contributed by atoms with Crippen LogP contribution in [0.3, 0.4) is 0 Å². The van der Waals surface area contributed by atoms with Gasteiger partial charge in [0.05, 0.1) is 12.3 Å². The molecule has 0 spiro atoms. The van der Waals surface area contributed by atoms with E-state index in [1.54, 1.807) is 12.1 Å². The third-order valence-electron chi connectivity index (χ3n) is 4.78. The molecule has 0 bridgehead atoms. The van der Waals surface area contributed by atoms with Gasteiger partial charge < -0.3 is 24.4 Å². The van der Waals surface area contributed by atoms with Crippen LogP contribution in [-0.2, 0) is 10.1 Å². The van der Waals surface area contributed by atoms with Crippen molar-refractivity contribution in [2.75, 3.05) is 6.61 Å². The van der Waals surface area contributed by atoms with Crippen molar-refractivity contribution in [2.24, 2.45) is 17.1 Å². The molecule has 1 saturated carbocycles. The maximum absolute atomic E-state index is 12.8. The third kappa shape index (κ3) is 6.82. The number of ether oxygens (including phenoxy) is 3. The molecule has 0 aliphatic heterocycles. The third-order valence-corrected chi connectivity index (χ3v) is 5.31. The smallest absolute Gasteiger partial charge is 0.405 e. The summed E-state index contributed by atoms with van der Waals surface area (Å²) in [7, 11) is 0. The quantitative estimate of drug-likeness (QED) is 0.377. The van der Waals surface area contributed by atoms with Crippen LogP contribution >= 0.6 is 15.9 Å². The van der Waals surface area contributed by atoms with Gasteiger partial charge in [-0.25, -0.2) is 9.78 Å². The average Bonchev–Trinajstić information content (AvgIpc) is 3.41. The highest BCUT2D eigenvalue weighted by Crippen LogP contribution is 2.39. The Morgan fingerprint density at radius 2 is 2.03 bits per heavy atom. The lowest BCUT2D eigenvalue weighted by Crippen LogP contribution is -2.21. The molecule has 1 amide bonds. The molecule has 2 aromatic rings. The Labute approximate surface area is 193 Å². The Morgan fingerprint density at radius 1 is 1.31 bits per heavy atom. The minimum Gasteiger partial charge on any atom is -0.489 e. The molecule has 1 aromatic carbocycles. The molecule has 1 heterocycles. The SMILES string of the molecule is CC(C)(C)C[C@H](OC(N)=O)c1oc(-c2ccc(OC(F)F)c(OCC3CC3)c2)nc1CBr. The van der Waals surface area contributed by atoms with Gasteiger partial charge in [-0.05, 0) is 48.8 Å². The van der Waals surface area contributed by atoms with Crippen LogP contribution < -0.4 is 15.2 Å². The second-order valence-electron chi connectivity index (χ2n) is 8.95. The zero-order chi connectivity index (χ0) is 23.5. The number of nitrogens with two attached hydrogens (primary N) is 1. The number of hydrogen-bond donors (Lipinski definition) is 1. The lowest BCUT2D eigenvalue weighted by atomic mass is 9.88. The van der Waals surface area contributed by atoms with Crippen molar-refractivity contribution >= 4 is 22.0 Å². The van der Waals surface area contributed by atoms with E-state index in [4.69, 9.17) is 19.6 Å². The van der Waals surface area contributed by atoms with Crippen LogP contribution in [0.1, 0.15) is 57.6 Å². The number of rotatable bonds is 10. The van der Waals surface area contributed by atoms with Crippen LogP contribution in [0.5, 0.6) is 11.5 Å². The molecule has 0 unspecified atom stereocenters. The molecular weight excluding hydrogens is 490 g/mol. The van der Waals surface area contributed by atoms with Gasteiger partial charge in [0.15, 0.2) is 23.4 Å². The summed E-state index contributed by atoms with van der Waals surface area (Å²) < 4.78 is 47.2. The Balaban J connectivity index is 1.95. The second kappa shape index (κ2) is 10.1. The van der Waals surface area contributed by atoms with Crippen molar-refractivity contribution in [1.29, 1.82) is 0 Å². The van der Waals surface area contributed by atoms with E-state index in [1.165, 1.54) is 6.07 Å². The summed E-state index contributed by atoms with van der Waals surface area (Å²) >= 11 is 3.39. The topological polar surface area (TPSA) is 96.8 Å². The van der Waals surface area contributed by atoms with Crippen molar-refractivity contribution in [2.45, 2.75) is 58.1 Å². The predicted molar refractivity (Wildman–Crippen MR) is 117 cm³/mol. The van der Waals surface area contributed by atoms with Crippen LogP contribution in [0, 0.1) is 11.3 Å². The lowest BCUT2D eigenvalue weighted by Gasteiger charge is -2.24. The number of carbonyl (C=O) groups excluding carboxylic acids is 1. The molecule has 1 atom stereocenters. The van der Waals surface area contributed by atoms with E-state index in [0.29, 0.717) is 41.3 Å². The summed E-state index contributed by atoms with van der Waals surface area (Å²) in [5.41, 5.74) is 6.14. The van der Waals surface area contributed by atoms with E-state index in [-0.39, 0.29) is 22.8 Å². The number of hydrogen-bond acceptors (Lipinski definition) is 6. The van der Waals surface area contributed by atoms with Gasteiger partial charge in [-0.15, -0.1) is 0 Å². The first-order chi connectivity index (χ1) is 15.1. The van der Waals surface area contributed by atoms with Crippen LogP contribution in [0.15, 0.2) is 22.6 Å². The molecule has 2 N–H and O–H groups in total. The number of aromatic nitrogens is 1. The minimum absolute atomic E-state index is 0.0560. The van der Waals surface area contributed by atoms with Crippen molar-refractivity contribution < 1.29 is 32.2 Å². The fraction of sp³-hybridized carbons (Fsp3) is 0.545. The standard InChI is InChI=1S/C22H27BrF2N2O5/c1-22(2,3)9-17(31-21(26)28)18-14(10-23)27-19(32-18)13-6-7-15(30-20(24)25)16(8-13)29-11-12-4-5-12/h6-8,12,17,20H,4-5,9-11H2,1-3H3,(H2,26,28)/t17-/m0/s1. The molecule has 1 aromatic heterocycles. The van der Waals surface area contributed by atoms with E-state index < -0.39 is 18.8 Å². The largest absolute Gasteiger partial charge is 0.489 e. The number of halogens is 3. The van der Waals surface area contributed by atoms with Gasteiger partial charge in [-0.2, -0.15) is 8.78 Å². The van der Waals surface area contributed by atoms with Gasteiger partial charge >= 0.3 is 12.7 Å². The normalized spacial score (nSPS) is 15.0. The van der Waals surface area contributed by atoms with Gasteiger partial charge in [0.1, 0.15) is 0 Å². The minimum atomic E-state index is -2.97. The number of primary amides is 1. The first-order valence-corrected chi connectivity index (χ1v) is 11.4. The monoisotopic (exact) mass is 516 g/mol. The maximum Gasteiger partial charge on any atom is 0.405 e. The fourth-order valence-corrected chi connectivity index (χ4v) is 3.56. The molecule has 176 valence electrons. The highest BCUT2D eigenvalue weighted by atomic mass is 79.9. The van der Waals surface area contributed by atoms with Crippen LogP contribution in [-0.4, -0.2) is 24.3 Å². The molecule has 7 nitrogen and oxygen atoms in total. The van der Waals surface area contributed by atoms with E-state index >= 15 is 0 Å². The van der Waals surface area contributed by atoms with E-state index in [0.717, 1.165) is 12.8 Å². The molecule has 3 rings (SSSR count). The van der Waals surface area contributed by atoms with Gasteiger partial charge in [-0.1, -0.05) is 36.7 Å². The maximum atomic E-state index is 12.8. The number of amides is 1. The first kappa shape index (κ1) is 24.3. The Bertz CT molecular complexity index is 941. The van der Waals surface area contributed by atoms with Crippen molar-refractivity contribution in [1.82, 2.24) is 4.98 Å². The summed E-state index contributed by atoms with van der Waals surface area (Å²) in [6.45, 7) is 3.45. The Hall–Kier alpha value is -2.36. The van der Waals surface area contributed by atoms with Crippen LogP contribution in [0.2, 0.25) is 0 Å². The van der Waals surface area contributed by atoms with Crippen LogP contribution in [0.25, 0.3) is 11.5 Å². The van der Waals surface area contributed by atoms with Gasteiger partial charge in [-0.3, -0.25) is 0 Å². The zero-order valence-electron chi connectivity index (χ0n) is 18.2.